The Balaban J connectivity index is 5.60. The Morgan fingerprint density at radius 3 is 0.941 bits per heavy atom. The van der Waals surface area contributed by atoms with E-state index in [1.54, 1.807) is 48.1 Å². The maximum absolute atomic E-state index is 12.3. The van der Waals surface area contributed by atoms with Crippen molar-refractivity contribution in [2.24, 2.45) is 17.8 Å². The first-order valence-corrected chi connectivity index (χ1v) is 8.69. The van der Waals surface area contributed by atoms with Gasteiger partial charge >= 0.3 is 0 Å². The highest BCUT2D eigenvalue weighted by atomic mass is 28.3. The molecule has 0 unspecified atom stereocenters. The minimum atomic E-state index is -3.17. The SMILES string of the molecule is CC(C)C(=O)[Si](C)(C(=O)C(C)C)C(=O)C(C)C. The number of carbonyl (C=O) groups is 3. The summed E-state index contributed by atoms with van der Waals surface area (Å²) in [6.45, 7) is 12.2. The second-order valence-corrected chi connectivity index (χ2v) is 9.41. The summed E-state index contributed by atoms with van der Waals surface area (Å²) in [7, 11) is -3.17. The molecule has 0 rings (SSSR count). The van der Waals surface area contributed by atoms with E-state index in [4.69, 9.17) is 0 Å². The Hall–Kier alpha value is -0.773. The van der Waals surface area contributed by atoms with E-state index in [2.05, 4.69) is 0 Å². The predicted molar refractivity (Wildman–Crippen MR) is 71.2 cm³/mol. The molecule has 98 valence electrons. The molecule has 0 radical (unpaired) electrons. The van der Waals surface area contributed by atoms with E-state index in [0.29, 0.717) is 0 Å². The van der Waals surface area contributed by atoms with Gasteiger partial charge in [-0.15, -0.1) is 0 Å². The summed E-state index contributed by atoms with van der Waals surface area (Å²) in [4.78, 5) is 36.8. The lowest BCUT2D eigenvalue weighted by atomic mass is 10.2. The molecule has 0 atom stereocenters. The smallest absolute Gasteiger partial charge is 0.277 e. The van der Waals surface area contributed by atoms with Gasteiger partial charge in [-0.2, -0.15) is 0 Å². The lowest BCUT2D eigenvalue weighted by molar-refractivity contribution is -0.122. The van der Waals surface area contributed by atoms with E-state index in [9.17, 15) is 14.4 Å². The van der Waals surface area contributed by atoms with Gasteiger partial charge in [0.05, 0.1) is 0 Å². The van der Waals surface area contributed by atoms with Gasteiger partial charge in [0.25, 0.3) is 8.07 Å². The number of hydrogen-bond acceptors (Lipinski definition) is 3. The highest BCUT2D eigenvalue weighted by Crippen LogP contribution is 2.21. The van der Waals surface area contributed by atoms with Crippen LogP contribution < -0.4 is 0 Å². The van der Waals surface area contributed by atoms with Crippen LogP contribution in [0.3, 0.4) is 0 Å². The molecule has 3 nitrogen and oxygen atoms in total. The molecular weight excluding hydrogens is 232 g/mol. The van der Waals surface area contributed by atoms with Crippen LogP contribution in [0.2, 0.25) is 6.55 Å². The summed E-state index contributed by atoms with van der Waals surface area (Å²) in [6.07, 6.45) is 0. The van der Waals surface area contributed by atoms with Crippen molar-refractivity contribution in [3.63, 3.8) is 0 Å². The van der Waals surface area contributed by atoms with E-state index < -0.39 is 8.07 Å². The summed E-state index contributed by atoms with van der Waals surface area (Å²) in [6, 6.07) is 0. The fourth-order valence-corrected chi connectivity index (χ4v) is 6.29. The van der Waals surface area contributed by atoms with Crippen LogP contribution in [0.15, 0.2) is 0 Å². The van der Waals surface area contributed by atoms with Crippen molar-refractivity contribution in [1.82, 2.24) is 0 Å². The maximum atomic E-state index is 12.3. The molecule has 0 aromatic heterocycles. The lowest BCUT2D eigenvalue weighted by Crippen LogP contribution is -2.61. The quantitative estimate of drug-likeness (QED) is 0.685. The van der Waals surface area contributed by atoms with Crippen LogP contribution in [0.4, 0.5) is 0 Å². The van der Waals surface area contributed by atoms with Gasteiger partial charge in [-0.05, 0) is 6.55 Å². The molecule has 0 saturated heterocycles. The van der Waals surface area contributed by atoms with Crippen molar-refractivity contribution in [2.45, 2.75) is 48.1 Å². The van der Waals surface area contributed by atoms with E-state index in [1.165, 1.54) is 0 Å². The standard InChI is InChI=1S/C13H24O3Si/c1-8(2)11(14)17(7,12(15)9(3)4)13(16)10(5)6/h8-10H,1-7H3. The van der Waals surface area contributed by atoms with Crippen LogP contribution in [-0.4, -0.2) is 24.3 Å². The molecule has 0 fully saturated rings. The zero-order chi connectivity index (χ0) is 14.0. The van der Waals surface area contributed by atoms with Gasteiger partial charge in [-0.25, -0.2) is 0 Å². The Bertz CT molecular complexity index is 279. The Morgan fingerprint density at radius 1 is 0.647 bits per heavy atom. The largest absolute Gasteiger partial charge is 0.304 e. The zero-order valence-electron chi connectivity index (χ0n) is 12.0. The van der Waals surface area contributed by atoms with E-state index in [0.717, 1.165) is 0 Å². The summed E-state index contributed by atoms with van der Waals surface area (Å²) in [5.74, 6) is -0.758. The van der Waals surface area contributed by atoms with E-state index in [-0.39, 0.29) is 34.0 Å². The summed E-state index contributed by atoms with van der Waals surface area (Å²) < 4.78 is 0. The van der Waals surface area contributed by atoms with E-state index in [1.807, 2.05) is 0 Å². The van der Waals surface area contributed by atoms with Crippen LogP contribution >= 0.6 is 0 Å². The zero-order valence-corrected chi connectivity index (χ0v) is 13.0. The Morgan fingerprint density at radius 2 is 0.824 bits per heavy atom. The second-order valence-electron chi connectivity index (χ2n) is 5.68. The molecule has 0 aromatic rings. The number of hydrogen-bond donors (Lipinski definition) is 0. The third kappa shape index (κ3) is 3.12. The number of rotatable bonds is 6. The molecule has 4 heteroatoms. The van der Waals surface area contributed by atoms with Crippen LogP contribution in [0.1, 0.15) is 41.5 Å². The lowest BCUT2D eigenvalue weighted by Gasteiger charge is -2.27. The molecule has 0 heterocycles. The van der Waals surface area contributed by atoms with Crippen LogP contribution in [0.5, 0.6) is 0 Å². The minimum absolute atomic E-state index is 0.130. The third-order valence-electron chi connectivity index (χ3n) is 3.05. The first-order valence-electron chi connectivity index (χ1n) is 6.19. The highest BCUT2D eigenvalue weighted by Gasteiger charge is 2.52. The van der Waals surface area contributed by atoms with E-state index >= 15 is 0 Å². The fraction of sp³-hybridized carbons (Fsp3) is 0.769. The molecular formula is C13H24O3Si. The molecule has 0 bridgehead atoms. The molecule has 0 saturated carbocycles. The van der Waals surface area contributed by atoms with Gasteiger partial charge in [0.1, 0.15) is 16.2 Å². The maximum Gasteiger partial charge on any atom is 0.277 e. The Labute approximate surface area is 105 Å². The van der Waals surface area contributed by atoms with Crippen LogP contribution in [-0.2, 0) is 14.4 Å². The van der Waals surface area contributed by atoms with Gasteiger partial charge in [0.2, 0.25) is 0 Å². The molecule has 0 aliphatic heterocycles. The highest BCUT2D eigenvalue weighted by molar-refractivity contribution is 7.40. The normalized spacial score (nSPS) is 12.4. The Kier molecular flexibility index (Phi) is 5.45. The summed E-state index contributed by atoms with van der Waals surface area (Å²) in [5, 5.41) is -0.389. The number of carbonyl (C=O) groups excluding carboxylic acids is 3. The first-order chi connectivity index (χ1) is 7.56. The first kappa shape index (κ1) is 16.2. The van der Waals surface area contributed by atoms with Crippen molar-refractivity contribution in [3.05, 3.63) is 0 Å². The average molecular weight is 256 g/mol. The topological polar surface area (TPSA) is 51.2 Å². The van der Waals surface area contributed by atoms with Gasteiger partial charge in [0, 0.05) is 17.8 Å². The van der Waals surface area contributed by atoms with Crippen LogP contribution in [0, 0.1) is 17.8 Å². The van der Waals surface area contributed by atoms with Gasteiger partial charge in [-0.3, -0.25) is 0 Å². The van der Waals surface area contributed by atoms with Gasteiger partial charge in [0.15, 0.2) is 0 Å². The molecule has 0 aliphatic rings. The van der Waals surface area contributed by atoms with Crippen molar-refractivity contribution in [3.8, 4) is 0 Å². The molecule has 0 amide bonds. The van der Waals surface area contributed by atoms with Crippen molar-refractivity contribution in [2.75, 3.05) is 0 Å². The third-order valence-corrected chi connectivity index (χ3v) is 7.74. The predicted octanol–water partition coefficient (Wildman–Crippen LogP) is 2.36. The molecule has 0 spiro atoms. The van der Waals surface area contributed by atoms with Crippen LogP contribution in [0.25, 0.3) is 0 Å². The van der Waals surface area contributed by atoms with Crippen molar-refractivity contribution in [1.29, 1.82) is 0 Å². The van der Waals surface area contributed by atoms with Gasteiger partial charge < -0.3 is 14.4 Å². The minimum Gasteiger partial charge on any atom is -0.304 e. The monoisotopic (exact) mass is 256 g/mol. The fourth-order valence-electron chi connectivity index (χ4n) is 2.10. The van der Waals surface area contributed by atoms with Crippen molar-refractivity contribution >= 4 is 24.3 Å². The van der Waals surface area contributed by atoms with Gasteiger partial charge in [-0.1, -0.05) is 41.5 Å². The molecule has 0 aliphatic carbocycles. The van der Waals surface area contributed by atoms with Crippen molar-refractivity contribution < 1.29 is 14.4 Å². The molecule has 0 aromatic carbocycles. The summed E-state index contributed by atoms with van der Waals surface area (Å²) in [5.41, 5.74) is 0. The molecule has 0 N–H and O–H groups in total. The second kappa shape index (κ2) is 5.71. The average Bonchev–Trinajstić information content (AvgIpc) is 2.24. The molecule has 17 heavy (non-hydrogen) atoms. The summed E-state index contributed by atoms with van der Waals surface area (Å²) >= 11 is 0.